The zero-order chi connectivity index (χ0) is 12.2. The lowest BCUT2D eigenvalue weighted by Crippen LogP contribution is -2.40. The first kappa shape index (κ1) is 11.9. The molecule has 3 rings (SSSR count). The van der Waals surface area contributed by atoms with Gasteiger partial charge in [0.1, 0.15) is 0 Å². The van der Waals surface area contributed by atoms with Crippen LogP contribution >= 0.6 is 0 Å². The van der Waals surface area contributed by atoms with Gasteiger partial charge in [-0.15, -0.1) is 0 Å². The average Bonchev–Trinajstić information content (AvgIpc) is 2.82. The van der Waals surface area contributed by atoms with E-state index < -0.39 is 0 Å². The van der Waals surface area contributed by atoms with E-state index in [1.54, 1.807) is 0 Å². The minimum absolute atomic E-state index is 0.754. The van der Waals surface area contributed by atoms with Gasteiger partial charge < -0.3 is 5.32 Å². The first-order valence-corrected chi connectivity index (χ1v) is 7.09. The van der Waals surface area contributed by atoms with Crippen molar-refractivity contribution < 1.29 is 0 Å². The number of likely N-dealkylation sites (tertiary alicyclic amines) is 1. The topological polar surface area (TPSA) is 15.3 Å². The van der Waals surface area contributed by atoms with E-state index in [2.05, 4.69) is 52.7 Å². The predicted octanol–water partition coefficient (Wildman–Crippen LogP) is 2.38. The summed E-state index contributed by atoms with van der Waals surface area (Å²) in [6.45, 7) is 4.80. The van der Waals surface area contributed by atoms with Crippen molar-refractivity contribution in [1.82, 2.24) is 10.2 Å². The molecule has 2 aliphatic rings. The summed E-state index contributed by atoms with van der Waals surface area (Å²) >= 11 is 0. The van der Waals surface area contributed by atoms with Gasteiger partial charge >= 0.3 is 0 Å². The lowest BCUT2D eigenvalue weighted by molar-refractivity contribution is 0.335. The van der Waals surface area contributed by atoms with Crippen LogP contribution in [0.1, 0.15) is 18.4 Å². The van der Waals surface area contributed by atoms with Crippen molar-refractivity contribution in [2.75, 3.05) is 26.2 Å². The smallest absolute Gasteiger partial charge is 0.0235 e. The highest BCUT2D eigenvalue weighted by Gasteiger charge is 2.33. The van der Waals surface area contributed by atoms with Crippen LogP contribution in [0.2, 0.25) is 0 Å². The highest BCUT2D eigenvalue weighted by molar-refractivity contribution is 5.48. The number of piperidine rings is 1. The van der Waals surface area contributed by atoms with Gasteiger partial charge in [0.15, 0.2) is 0 Å². The lowest BCUT2D eigenvalue weighted by atomic mass is 9.94. The highest BCUT2D eigenvalue weighted by Crippen LogP contribution is 2.24. The largest absolute Gasteiger partial charge is 0.312 e. The van der Waals surface area contributed by atoms with Crippen LogP contribution in [0.15, 0.2) is 36.4 Å². The van der Waals surface area contributed by atoms with Crippen molar-refractivity contribution >= 4 is 6.08 Å². The van der Waals surface area contributed by atoms with Gasteiger partial charge in [0.25, 0.3) is 0 Å². The Hall–Kier alpha value is -1.12. The fourth-order valence-electron chi connectivity index (χ4n) is 3.19. The number of hydrogen-bond acceptors (Lipinski definition) is 2. The van der Waals surface area contributed by atoms with Crippen LogP contribution in [0.3, 0.4) is 0 Å². The van der Waals surface area contributed by atoms with Crippen LogP contribution in [-0.2, 0) is 0 Å². The van der Waals surface area contributed by atoms with Crippen molar-refractivity contribution in [2.45, 2.75) is 18.9 Å². The third-order valence-electron chi connectivity index (χ3n) is 4.15. The SMILES string of the molecule is C(=C\c1ccccc1)/CN1C[C@@H]2CCCN[C@@H]2C1. The molecule has 0 saturated carbocycles. The van der Waals surface area contributed by atoms with Crippen LogP contribution in [0.4, 0.5) is 0 Å². The Morgan fingerprint density at radius 2 is 2.11 bits per heavy atom. The van der Waals surface area contributed by atoms with Crippen molar-refractivity contribution in [1.29, 1.82) is 0 Å². The number of benzene rings is 1. The van der Waals surface area contributed by atoms with E-state index in [1.807, 2.05) is 0 Å². The molecule has 2 fully saturated rings. The van der Waals surface area contributed by atoms with Gasteiger partial charge in [-0.2, -0.15) is 0 Å². The maximum Gasteiger partial charge on any atom is 0.0235 e. The summed E-state index contributed by atoms with van der Waals surface area (Å²) in [7, 11) is 0. The van der Waals surface area contributed by atoms with E-state index in [9.17, 15) is 0 Å². The van der Waals surface area contributed by atoms with Crippen LogP contribution in [-0.4, -0.2) is 37.1 Å². The van der Waals surface area contributed by atoms with Crippen LogP contribution in [0.5, 0.6) is 0 Å². The molecule has 2 heteroatoms. The van der Waals surface area contributed by atoms with Crippen LogP contribution < -0.4 is 5.32 Å². The Kier molecular flexibility index (Phi) is 3.77. The molecule has 2 aliphatic heterocycles. The van der Waals surface area contributed by atoms with E-state index in [0.29, 0.717) is 0 Å². The number of nitrogens with one attached hydrogen (secondary N) is 1. The fourth-order valence-corrected chi connectivity index (χ4v) is 3.19. The molecule has 0 amide bonds. The standard InChI is InChI=1S/C16H22N2/c1-2-6-14(7-3-1)8-5-11-18-12-15-9-4-10-17-16(15)13-18/h1-3,5-8,15-17H,4,9-13H2/b8-5+/t15-,16+/m0/s1. The molecule has 18 heavy (non-hydrogen) atoms. The minimum Gasteiger partial charge on any atom is -0.312 e. The van der Waals surface area contributed by atoms with Crippen molar-refractivity contribution in [3.8, 4) is 0 Å². The number of fused-ring (bicyclic) bond motifs is 1. The van der Waals surface area contributed by atoms with E-state index in [1.165, 1.54) is 38.0 Å². The third kappa shape index (κ3) is 2.82. The zero-order valence-corrected chi connectivity index (χ0v) is 10.9. The molecule has 0 spiro atoms. The van der Waals surface area contributed by atoms with Crippen molar-refractivity contribution in [3.05, 3.63) is 42.0 Å². The molecule has 2 nitrogen and oxygen atoms in total. The first-order valence-electron chi connectivity index (χ1n) is 7.09. The molecule has 2 saturated heterocycles. The van der Waals surface area contributed by atoms with E-state index in [0.717, 1.165) is 18.5 Å². The Bertz CT molecular complexity index is 385. The van der Waals surface area contributed by atoms with Crippen molar-refractivity contribution in [2.24, 2.45) is 5.92 Å². The number of rotatable bonds is 3. The molecule has 96 valence electrons. The second-order valence-electron chi connectivity index (χ2n) is 5.49. The minimum atomic E-state index is 0.754. The van der Waals surface area contributed by atoms with Gasteiger partial charge in [-0.3, -0.25) is 4.90 Å². The molecule has 0 aliphatic carbocycles. The average molecular weight is 242 g/mol. The second kappa shape index (κ2) is 5.68. The van der Waals surface area contributed by atoms with E-state index in [-0.39, 0.29) is 0 Å². The molecule has 1 aromatic carbocycles. The first-order chi connectivity index (χ1) is 8.92. The summed E-state index contributed by atoms with van der Waals surface area (Å²) in [4.78, 5) is 2.58. The van der Waals surface area contributed by atoms with Crippen LogP contribution in [0, 0.1) is 5.92 Å². The Morgan fingerprint density at radius 3 is 2.94 bits per heavy atom. The van der Waals surface area contributed by atoms with E-state index >= 15 is 0 Å². The van der Waals surface area contributed by atoms with Gasteiger partial charge in [0, 0.05) is 25.7 Å². The van der Waals surface area contributed by atoms with Gasteiger partial charge in [0.05, 0.1) is 0 Å². The van der Waals surface area contributed by atoms with Gasteiger partial charge in [-0.05, 0) is 30.9 Å². The Balaban J connectivity index is 1.51. The van der Waals surface area contributed by atoms with Gasteiger partial charge in [0.2, 0.25) is 0 Å². The molecular weight excluding hydrogens is 220 g/mol. The lowest BCUT2D eigenvalue weighted by Gasteiger charge is -2.24. The Morgan fingerprint density at radius 1 is 1.22 bits per heavy atom. The summed E-state index contributed by atoms with van der Waals surface area (Å²) in [5, 5.41) is 3.65. The highest BCUT2D eigenvalue weighted by atomic mass is 15.2. The summed E-state index contributed by atoms with van der Waals surface area (Å²) in [5.41, 5.74) is 1.30. The maximum atomic E-state index is 3.65. The molecule has 1 N–H and O–H groups in total. The van der Waals surface area contributed by atoms with Crippen LogP contribution in [0.25, 0.3) is 6.08 Å². The summed E-state index contributed by atoms with van der Waals surface area (Å²) < 4.78 is 0. The number of nitrogens with zero attached hydrogens (tertiary/aromatic N) is 1. The molecule has 1 aromatic rings. The van der Waals surface area contributed by atoms with Gasteiger partial charge in [-0.25, -0.2) is 0 Å². The Labute approximate surface area is 110 Å². The predicted molar refractivity (Wildman–Crippen MR) is 76.4 cm³/mol. The molecule has 0 unspecified atom stereocenters. The van der Waals surface area contributed by atoms with E-state index in [4.69, 9.17) is 0 Å². The molecule has 0 radical (unpaired) electrons. The normalized spacial score (nSPS) is 28.7. The maximum absolute atomic E-state index is 3.65. The summed E-state index contributed by atoms with van der Waals surface area (Å²) in [6, 6.07) is 11.3. The third-order valence-corrected chi connectivity index (χ3v) is 4.15. The molecular formula is C16H22N2. The number of hydrogen-bond donors (Lipinski definition) is 1. The second-order valence-corrected chi connectivity index (χ2v) is 5.49. The quantitative estimate of drug-likeness (QED) is 0.875. The summed E-state index contributed by atoms with van der Waals surface area (Å²) in [5.74, 6) is 0.892. The van der Waals surface area contributed by atoms with Gasteiger partial charge in [-0.1, -0.05) is 42.5 Å². The van der Waals surface area contributed by atoms with Crippen molar-refractivity contribution in [3.63, 3.8) is 0 Å². The summed E-state index contributed by atoms with van der Waals surface area (Å²) in [6.07, 6.45) is 7.30. The zero-order valence-electron chi connectivity index (χ0n) is 10.9. The molecule has 0 aromatic heterocycles. The molecule has 2 heterocycles. The molecule has 0 bridgehead atoms. The fraction of sp³-hybridized carbons (Fsp3) is 0.500. The molecule has 2 atom stereocenters. The monoisotopic (exact) mass is 242 g/mol.